The largest absolute Gasteiger partial charge is 0.351 e. The van der Waals surface area contributed by atoms with Gasteiger partial charge in [-0.2, -0.15) is 0 Å². The Bertz CT molecular complexity index is 496. The molecule has 0 unspecified atom stereocenters. The van der Waals surface area contributed by atoms with Gasteiger partial charge in [-0.05, 0) is 37.1 Å². The number of hydrogen-bond donors (Lipinski definition) is 1. The molecule has 0 aliphatic carbocycles. The van der Waals surface area contributed by atoms with Crippen LogP contribution in [-0.4, -0.2) is 36.0 Å². The van der Waals surface area contributed by atoms with Gasteiger partial charge < -0.3 is 10.6 Å². The highest BCUT2D eigenvalue weighted by Gasteiger charge is 2.28. The zero-order valence-electron chi connectivity index (χ0n) is 11.4. The first kappa shape index (κ1) is 14.3. The summed E-state index contributed by atoms with van der Waals surface area (Å²) in [6.45, 7) is 2.74. The maximum absolute atomic E-state index is 13.0. The van der Waals surface area contributed by atoms with Gasteiger partial charge in [-0.15, -0.1) is 0 Å². The van der Waals surface area contributed by atoms with E-state index in [2.05, 4.69) is 0 Å². The van der Waals surface area contributed by atoms with Crippen LogP contribution in [0.4, 0.5) is 14.9 Å². The molecule has 0 radical (unpaired) electrons. The molecular weight excluding hydrogens is 261 g/mol. The van der Waals surface area contributed by atoms with E-state index in [1.165, 1.54) is 36.1 Å². The zero-order valence-corrected chi connectivity index (χ0v) is 11.4. The average molecular weight is 279 g/mol. The van der Waals surface area contributed by atoms with Crippen LogP contribution in [0.3, 0.4) is 0 Å². The zero-order chi connectivity index (χ0) is 14.7. The summed E-state index contributed by atoms with van der Waals surface area (Å²) in [5.74, 6) is -0.319. The maximum Gasteiger partial charge on any atom is 0.319 e. The van der Waals surface area contributed by atoms with Gasteiger partial charge in [0.2, 0.25) is 5.91 Å². The van der Waals surface area contributed by atoms with Gasteiger partial charge in [0.05, 0.1) is 0 Å². The molecule has 5 nitrogen and oxygen atoms in total. The molecule has 0 spiro atoms. The molecule has 0 atom stereocenters. The lowest BCUT2D eigenvalue weighted by atomic mass is 10.0. The summed E-state index contributed by atoms with van der Waals surface area (Å²) in [6, 6.07) is 5.06. The van der Waals surface area contributed by atoms with Crippen molar-refractivity contribution in [2.45, 2.75) is 25.8 Å². The molecule has 1 saturated heterocycles. The number of likely N-dealkylation sites (tertiary alicyclic amines) is 1. The van der Waals surface area contributed by atoms with E-state index in [1.807, 2.05) is 0 Å². The van der Waals surface area contributed by atoms with Crippen molar-refractivity contribution in [2.24, 2.45) is 5.73 Å². The highest BCUT2D eigenvalue weighted by atomic mass is 19.1. The Morgan fingerprint density at radius 3 is 2.25 bits per heavy atom. The molecular formula is C14H18FN3O2. The van der Waals surface area contributed by atoms with Crippen LogP contribution in [0.25, 0.3) is 0 Å². The molecule has 1 aromatic carbocycles. The van der Waals surface area contributed by atoms with Gasteiger partial charge in [-0.1, -0.05) is 0 Å². The van der Waals surface area contributed by atoms with E-state index in [0.29, 0.717) is 31.6 Å². The summed E-state index contributed by atoms with van der Waals surface area (Å²) in [5, 5.41) is 0. The monoisotopic (exact) mass is 279 g/mol. The summed E-state index contributed by atoms with van der Waals surface area (Å²) in [5.41, 5.74) is 6.03. The number of nitrogens with zero attached hydrogens (tertiary/aromatic N) is 2. The molecule has 3 amide bonds. The van der Waals surface area contributed by atoms with Gasteiger partial charge in [-0.25, -0.2) is 9.18 Å². The van der Waals surface area contributed by atoms with E-state index in [1.54, 1.807) is 4.90 Å². The predicted octanol–water partition coefficient (Wildman–Crippen LogP) is 1.72. The van der Waals surface area contributed by atoms with Crippen molar-refractivity contribution < 1.29 is 14.0 Å². The Balaban J connectivity index is 2.12. The molecule has 1 aliphatic rings. The molecule has 108 valence electrons. The van der Waals surface area contributed by atoms with Crippen molar-refractivity contribution in [1.29, 1.82) is 0 Å². The first-order chi connectivity index (χ1) is 9.49. The molecule has 20 heavy (non-hydrogen) atoms. The van der Waals surface area contributed by atoms with Crippen LogP contribution < -0.4 is 10.6 Å². The second kappa shape index (κ2) is 5.90. The molecule has 0 bridgehead atoms. The van der Waals surface area contributed by atoms with Gasteiger partial charge in [0.1, 0.15) is 5.82 Å². The van der Waals surface area contributed by atoms with Crippen molar-refractivity contribution in [3.05, 3.63) is 30.1 Å². The Hall–Kier alpha value is -2.11. The van der Waals surface area contributed by atoms with E-state index >= 15 is 0 Å². The van der Waals surface area contributed by atoms with Crippen LogP contribution in [0.2, 0.25) is 0 Å². The molecule has 6 heteroatoms. The molecule has 2 N–H and O–H groups in total. The second-order valence-electron chi connectivity index (χ2n) is 4.92. The first-order valence-electron chi connectivity index (χ1n) is 6.59. The number of hydrogen-bond acceptors (Lipinski definition) is 2. The quantitative estimate of drug-likeness (QED) is 0.895. The van der Waals surface area contributed by atoms with E-state index in [4.69, 9.17) is 5.73 Å². The van der Waals surface area contributed by atoms with Crippen LogP contribution in [0, 0.1) is 5.82 Å². The third-order valence-corrected chi connectivity index (χ3v) is 3.62. The van der Waals surface area contributed by atoms with Gasteiger partial charge in [-0.3, -0.25) is 9.69 Å². The second-order valence-corrected chi connectivity index (χ2v) is 4.92. The van der Waals surface area contributed by atoms with Crippen LogP contribution in [0.5, 0.6) is 0 Å². The summed E-state index contributed by atoms with van der Waals surface area (Å²) >= 11 is 0. The number of urea groups is 1. The summed E-state index contributed by atoms with van der Waals surface area (Å²) in [7, 11) is 0. The molecule has 1 aromatic rings. The lowest BCUT2D eigenvalue weighted by Gasteiger charge is -2.37. The third-order valence-electron chi connectivity index (χ3n) is 3.62. The SMILES string of the molecule is CC(=O)N1CCC(N(C(N)=O)c2ccc(F)cc2)CC1. The molecule has 0 saturated carbocycles. The highest BCUT2D eigenvalue weighted by molar-refractivity contribution is 5.91. The molecule has 2 rings (SSSR count). The van der Waals surface area contributed by atoms with Crippen molar-refractivity contribution in [2.75, 3.05) is 18.0 Å². The Morgan fingerprint density at radius 2 is 1.80 bits per heavy atom. The Kier molecular flexibility index (Phi) is 4.22. The standard InChI is InChI=1S/C14H18FN3O2/c1-10(19)17-8-6-13(7-9-17)18(14(16)20)12-4-2-11(15)3-5-12/h2-5,13H,6-9H2,1H3,(H2,16,20). The topological polar surface area (TPSA) is 66.6 Å². The number of carbonyl (C=O) groups excluding carboxylic acids is 2. The van der Waals surface area contributed by atoms with Crippen LogP contribution in [0.1, 0.15) is 19.8 Å². The van der Waals surface area contributed by atoms with E-state index in [-0.39, 0.29) is 17.8 Å². The van der Waals surface area contributed by atoms with Crippen molar-refractivity contribution in [3.8, 4) is 0 Å². The number of nitrogens with two attached hydrogens (primary N) is 1. The van der Waals surface area contributed by atoms with Crippen molar-refractivity contribution in [1.82, 2.24) is 4.90 Å². The summed E-state index contributed by atoms with van der Waals surface area (Å²) in [6.07, 6.45) is 1.33. The number of anilines is 1. The summed E-state index contributed by atoms with van der Waals surface area (Å²) < 4.78 is 13.0. The number of halogens is 1. The Labute approximate surface area is 117 Å². The number of primary amides is 1. The molecule has 1 fully saturated rings. The van der Waals surface area contributed by atoms with Crippen molar-refractivity contribution in [3.63, 3.8) is 0 Å². The fourth-order valence-corrected chi connectivity index (χ4v) is 2.56. The van der Waals surface area contributed by atoms with E-state index in [0.717, 1.165) is 0 Å². The maximum atomic E-state index is 13.0. The fourth-order valence-electron chi connectivity index (χ4n) is 2.56. The lowest BCUT2D eigenvalue weighted by molar-refractivity contribution is -0.129. The first-order valence-corrected chi connectivity index (χ1v) is 6.59. The summed E-state index contributed by atoms with van der Waals surface area (Å²) in [4.78, 5) is 26.2. The molecule has 1 heterocycles. The van der Waals surface area contributed by atoms with Gasteiger partial charge in [0.15, 0.2) is 0 Å². The van der Waals surface area contributed by atoms with Crippen LogP contribution >= 0.6 is 0 Å². The van der Waals surface area contributed by atoms with Crippen LogP contribution in [0.15, 0.2) is 24.3 Å². The van der Waals surface area contributed by atoms with Gasteiger partial charge >= 0.3 is 6.03 Å². The minimum atomic E-state index is -0.558. The van der Waals surface area contributed by atoms with E-state index < -0.39 is 6.03 Å². The number of piperidine rings is 1. The third kappa shape index (κ3) is 3.07. The molecule has 1 aliphatic heterocycles. The van der Waals surface area contributed by atoms with Gasteiger partial charge in [0.25, 0.3) is 0 Å². The number of rotatable bonds is 2. The smallest absolute Gasteiger partial charge is 0.319 e. The minimum Gasteiger partial charge on any atom is -0.351 e. The lowest BCUT2D eigenvalue weighted by Crippen LogP contribution is -2.50. The number of carbonyl (C=O) groups is 2. The molecule has 0 aromatic heterocycles. The normalized spacial score (nSPS) is 16.0. The highest BCUT2D eigenvalue weighted by Crippen LogP contribution is 2.23. The average Bonchev–Trinajstić information content (AvgIpc) is 2.41. The number of benzene rings is 1. The van der Waals surface area contributed by atoms with Crippen molar-refractivity contribution >= 4 is 17.6 Å². The Morgan fingerprint density at radius 1 is 1.25 bits per heavy atom. The minimum absolute atomic E-state index is 0.0378. The number of amides is 3. The van der Waals surface area contributed by atoms with E-state index in [9.17, 15) is 14.0 Å². The predicted molar refractivity (Wildman–Crippen MR) is 73.7 cm³/mol. The van der Waals surface area contributed by atoms with Crippen LogP contribution in [-0.2, 0) is 4.79 Å². The fraction of sp³-hybridized carbons (Fsp3) is 0.429. The van der Waals surface area contributed by atoms with Gasteiger partial charge in [0, 0.05) is 31.7 Å².